The van der Waals surface area contributed by atoms with E-state index in [1.165, 1.54) is 0 Å². The van der Waals surface area contributed by atoms with E-state index in [2.05, 4.69) is 36.0 Å². The Morgan fingerprint density at radius 2 is 1.89 bits per heavy atom. The molecule has 1 rings (SSSR count). The van der Waals surface area contributed by atoms with E-state index in [0.29, 0.717) is 13.0 Å². The summed E-state index contributed by atoms with van der Waals surface area (Å²) in [6, 6.07) is -0.381. The van der Waals surface area contributed by atoms with Crippen molar-refractivity contribution in [3.05, 3.63) is 0 Å². The molecule has 1 aliphatic rings. The molecule has 18 heavy (non-hydrogen) atoms. The summed E-state index contributed by atoms with van der Waals surface area (Å²) < 4.78 is 0. The first-order valence-electron chi connectivity index (χ1n) is 6.83. The highest BCUT2D eigenvalue weighted by Gasteiger charge is 2.29. The van der Waals surface area contributed by atoms with Gasteiger partial charge in [0.05, 0.1) is 6.04 Å². The lowest BCUT2D eigenvalue weighted by Gasteiger charge is -2.43. The predicted octanol–water partition coefficient (Wildman–Crippen LogP) is -0.134. The van der Waals surface area contributed by atoms with E-state index in [9.17, 15) is 4.79 Å². The van der Waals surface area contributed by atoms with Gasteiger partial charge in [0.15, 0.2) is 0 Å². The van der Waals surface area contributed by atoms with Gasteiger partial charge in [0.25, 0.3) is 0 Å². The molecule has 1 heterocycles. The van der Waals surface area contributed by atoms with Gasteiger partial charge < -0.3 is 16.0 Å². The second kappa shape index (κ2) is 6.50. The fourth-order valence-corrected chi connectivity index (χ4v) is 2.14. The predicted molar refractivity (Wildman–Crippen MR) is 74.4 cm³/mol. The van der Waals surface area contributed by atoms with Crippen LogP contribution in [0.2, 0.25) is 0 Å². The first-order chi connectivity index (χ1) is 8.36. The summed E-state index contributed by atoms with van der Waals surface area (Å²) in [7, 11) is 2.15. The van der Waals surface area contributed by atoms with Gasteiger partial charge in [-0.25, -0.2) is 0 Å². The summed E-state index contributed by atoms with van der Waals surface area (Å²) in [4.78, 5) is 16.5. The van der Waals surface area contributed by atoms with E-state index in [0.717, 1.165) is 26.2 Å². The monoisotopic (exact) mass is 256 g/mol. The Labute approximate surface area is 111 Å². The lowest BCUT2D eigenvalue weighted by atomic mass is 10.0. The van der Waals surface area contributed by atoms with Crippen LogP contribution < -0.4 is 11.1 Å². The highest BCUT2D eigenvalue weighted by Crippen LogP contribution is 2.15. The molecule has 1 fully saturated rings. The number of amides is 1. The van der Waals surface area contributed by atoms with Gasteiger partial charge in [-0.05, 0) is 27.3 Å². The highest BCUT2D eigenvalue weighted by molar-refractivity contribution is 5.81. The molecule has 0 spiro atoms. The molecule has 5 nitrogen and oxygen atoms in total. The fourth-order valence-electron chi connectivity index (χ4n) is 2.14. The quantitative estimate of drug-likeness (QED) is 0.719. The average Bonchev–Trinajstić information content (AvgIpc) is 2.35. The van der Waals surface area contributed by atoms with E-state index >= 15 is 0 Å². The van der Waals surface area contributed by atoms with E-state index < -0.39 is 0 Å². The number of hydrogen-bond donors (Lipinski definition) is 2. The number of carbonyl (C=O) groups is 1. The maximum atomic E-state index is 11.7. The van der Waals surface area contributed by atoms with Crippen molar-refractivity contribution in [3.8, 4) is 0 Å². The summed E-state index contributed by atoms with van der Waals surface area (Å²) in [5.41, 5.74) is 5.70. The third-order valence-electron chi connectivity index (χ3n) is 3.83. The summed E-state index contributed by atoms with van der Waals surface area (Å²) in [5, 5.41) is 2.96. The smallest absolute Gasteiger partial charge is 0.236 e. The molecule has 0 aromatic rings. The lowest BCUT2D eigenvalue weighted by Crippen LogP contribution is -2.58. The molecular formula is C13H28N4O. The van der Waals surface area contributed by atoms with Crippen LogP contribution in [0.5, 0.6) is 0 Å². The summed E-state index contributed by atoms with van der Waals surface area (Å²) >= 11 is 0. The molecule has 106 valence electrons. The number of likely N-dealkylation sites (N-methyl/N-ethyl adjacent to an activating group) is 1. The minimum atomic E-state index is -0.381. The molecule has 3 N–H and O–H groups in total. The molecule has 1 amide bonds. The van der Waals surface area contributed by atoms with Gasteiger partial charge >= 0.3 is 0 Å². The molecule has 1 unspecified atom stereocenters. The molecule has 5 heteroatoms. The Hall–Kier alpha value is -0.650. The van der Waals surface area contributed by atoms with Gasteiger partial charge in [-0.15, -0.1) is 0 Å². The Kier molecular flexibility index (Phi) is 5.56. The Balaban J connectivity index is 2.41. The molecule has 0 bridgehead atoms. The number of nitrogens with zero attached hydrogens (tertiary/aromatic N) is 2. The van der Waals surface area contributed by atoms with Crippen molar-refractivity contribution in [2.24, 2.45) is 5.73 Å². The largest absolute Gasteiger partial charge is 0.353 e. The van der Waals surface area contributed by atoms with Crippen LogP contribution in [0.4, 0.5) is 0 Å². The van der Waals surface area contributed by atoms with Crippen molar-refractivity contribution in [3.63, 3.8) is 0 Å². The van der Waals surface area contributed by atoms with Crippen LogP contribution in [-0.2, 0) is 4.79 Å². The van der Waals surface area contributed by atoms with Gasteiger partial charge in [0.2, 0.25) is 5.91 Å². The Morgan fingerprint density at radius 3 is 2.39 bits per heavy atom. The molecule has 0 aliphatic carbocycles. The van der Waals surface area contributed by atoms with Gasteiger partial charge in [-0.3, -0.25) is 9.69 Å². The minimum Gasteiger partial charge on any atom is -0.353 e. The zero-order valence-electron chi connectivity index (χ0n) is 12.2. The molecule has 1 atom stereocenters. The number of rotatable bonds is 5. The van der Waals surface area contributed by atoms with Crippen molar-refractivity contribution in [1.29, 1.82) is 0 Å². The van der Waals surface area contributed by atoms with Crippen molar-refractivity contribution < 1.29 is 4.79 Å². The number of nitrogens with two attached hydrogens (primary N) is 1. The van der Waals surface area contributed by atoms with Crippen LogP contribution in [0.15, 0.2) is 0 Å². The topological polar surface area (TPSA) is 61.6 Å². The minimum absolute atomic E-state index is 0.00954. The Morgan fingerprint density at radius 1 is 1.33 bits per heavy atom. The third kappa shape index (κ3) is 4.23. The van der Waals surface area contributed by atoms with E-state index in [4.69, 9.17) is 5.73 Å². The zero-order valence-corrected chi connectivity index (χ0v) is 12.2. The SMILES string of the molecule is CCC(N)C(=O)NCC(C)(C)N1CCN(C)CC1. The van der Waals surface area contributed by atoms with Gasteiger partial charge in [-0.2, -0.15) is 0 Å². The number of nitrogens with one attached hydrogen (secondary N) is 1. The first-order valence-corrected chi connectivity index (χ1v) is 6.83. The second-order valence-electron chi connectivity index (χ2n) is 5.84. The Bertz CT molecular complexity index is 272. The van der Waals surface area contributed by atoms with Gasteiger partial charge in [0, 0.05) is 38.3 Å². The molecule has 0 aromatic carbocycles. The zero-order chi connectivity index (χ0) is 13.8. The normalized spacial score (nSPS) is 20.7. The van der Waals surface area contributed by atoms with Gasteiger partial charge in [-0.1, -0.05) is 6.92 Å². The fraction of sp³-hybridized carbons (Fsp3) is 0.923. The summed E-state index contributed by atoms with van der Waals surface area (Å²) in [6.45, 7) is 11.2. The van der Waals surface area contributed by atoms with Crippen molar-refractivity contribution in [2.45, 2.75) is 38.8 Å². The van der Waals surface area contributed by atoms with Gasteiger partial charge in [0.1, 0.15) is 0 Å². The van der Waals surface area contributed by atoms with Crippen LogP contribution in [0.1, 0.15) is 27.2 Å². The first kappa shape index (κ1) is 15.4. The van der Waals surface area contributed by atoms with Crippen LogP contribution in [0.3, 0.4) is 0 Å². The number of carbonyl (C=O) groups excluding carboxylic acids is 1. The highest BCUT2D eigenvalue weighted by atomic mass is 16.2. The summed E-state index contributed by atoms with van der Waals surface area (Å²) in [6.07, 6.45) is 0.681. The van der Waals surface area contributed by atoms with Crippen LogP contribution in [-0.4, -0.2) is 67.1 Å². The van der Waals surface area contributed by atoms with Crippen molar-refractivity contribution in [2.75, 3.05) is 39.8 Å². The molecule has 0 saturated carbocycles. The van der Waals surface area contributed by atoms with Crippen LogP contribution in [0, 0.1) is 0 Å². The number of hydrogen-bond acceptors (Lipinski definition) is 4. The average molecular weight is 256 g/mol. The molecular weight excluding hydrogens is 228 g/mol. The van der Waals surface area contributed by atoms with E-state index in [-0.39, 0.29) is 17.5 Å². The van der Waals surface area contributed by atoms with Crippen LogP contribution >= 0.6 is 0 Å². The molecule has 0 radical (unpaired) electrons. The van der Waals surface area contributed by atoms with E-state index in [1.807, 2.05) is 6.92 Å². The lowest BCUT2D eigenvalue weighted by molar-refractivity contribution is -0.123. The second-order valence-corrected chi connectivity index (χ2v) is 5.84. The molecule has 1 saturated heterocycles. The molecule has 0 aromatic heterocycles. The van der Waals surface area contributed by atoms with E-state index in [1.54, 1.807) is 0 Å². The molecule has 1 aliphatic heterocycles. The third-order valence-corrected chi connectivity index (χ3v) is 3.83. The standard InChI is InChI=1S/C13H28N4O/c1-5-11(14)12(18)15-10-13(2,3)17-8-6-16(4)7-9-17/h11H,5-10,14H2,1-4H3,(H,15,18). The maximum Gasteiger partial charge on any atom is 0.236 e. The van der Waals surface area contributed by atoms with Crippen molar-refractivity contribution in [1.82, 2.24) is 15.1 Å². The van der Waals surface area contributed by atoms with Crippen molar-refractivity contribution >= 4 is 5.91 Å². The summed E-state index contributed by atoms with van der Waals surface area (Å²) in [5.74, 6) is -0.0419. The number of piperazine rings is 1. The van der Waals surface area contributed by atoms with Crippen LogP contribution in [0.25, 0.3) is 0 Å². The maximum absolute atomic E-state index is 11.7.